The second-order valence-electron chi connectivity index (χ2n) is 6.44. The van der Waals surface area contributed by atoms with E-state index in [0.29, 0.717) is 0 Å². The van der Waals surface area contributed by atoms with Gasteiger partial charge in [-0.15, -0.1) is 12.4 Å². The molecule has 1 aliphatic carbocycles. The second kappa shape index (κ2) is 6.80. The molecule has 1 unspecified atom stereocenters. The fraction of sp³-hybridized carbons (Fsp3) is 0.588. The molecule has 0 radical (unpaired) electrons. The maximum Gasteiger partial charge on any atom is 0.227 e. The van der Waals surface area contributed by atoms with E-state index in [9.17, 15) is 4.79 Å². The Morgan fingerprint density at radius 1 is 1.29 bits per heavy atom. The van der Waals surface area contributed by atoms with Gasteiger partial charge in [0.1, 0.15) is 0 Å². The van der Waals surface area contributed by atoms with E-state index < -0.39 is 0 Å². The first-order valence-electron chi connectivity index (χ1n) is 7.78. The predicted octanol–water partition coefficient (Wildman–Crippen LogP) is 2.79. The summed E-state index contributed by atoms with van der Waals surface area (Å²) in [5, 5.41) is 6.68. The van der Waals surface area contributed by atoms with Crippen LogP contribution in [0.15, 0.2) is 24.3 Å². The van der Waals surface area contributed by atoms with Crippen molar-refractivity contribution in [3.8, 4) is 0 Å². The van der Waals surface area contributed by atoms with Crippen LogP contribution in [0.1, 0.15) is 49.7 Å². The molecule has 1 atom stereocenters. The van der Waals surface area contributed by atoms with Crippen LogP contribution in [-0.4, -0.2) is 24.5 Å². The standard InChI is InChI=1S/C17H24N2O.ClH/c1-17(9-11-18-12-10-17)19-16(20)15-8-4-6-13-5-2-3-7-14(13)15;/h2-3,5,7,15,18H,4,6,8-12H2,1H3,(H,19,20);1H. The van der Waals surface area contributed by atoms with Crippen molar-refractivity contribution in [2.45, 2.75) is 50.5 Å². The molecular weight excluding hydrogens is 284 g/mol. The largest absolute Gasteiger partial charge is 0.350 e. The number of amides is 1. The Morgan fingerprint density at radius 3 is 2.76 bits per heavy atom. The van der Waals surface area contributed by atoms with E-state index in [1.54, 1.807) is 0 Å². The van der Waals surface area contributed by atoms with Crippen LogP contribution in [0.5, 0.6) is 0 Å². The third-order valence-corrected chi connectivity index (χ3v) is 4.82. The van der Waals surface area contributed by atoms with Crippen molar-refractivity contribution in [1.82, 2.24) is 10.6 Å². The van der Waals surface area contributed by atoms with Crippen molar-refractivity contribution in [2.24, 2.45) is 0 Å². The van der Waals surface area contributed by atoms with E-state index >= 15 is 0 Å². The lowest BCUT2D eigenvalue weighted by atomic mass is 9.81. The molecule has 1 aromatic carbocycles. The van der Waals surface area contributed by atoms with Gasteiger partial charge in [0.2, 0.25) is 5.91 Å². The van der Waals surface area contributed by atoms with Crippen LogP contribution in [-0.2, 0) is 11.2 Å². The molecule has 1 saturated heterocycles. The molecule has 0 spiro atoms. The molecule has 3 nitrogen and oxygen atoms in total. The fourth-order valence-electron chi connectivity index (χ4n) is 3.51. The number of hydrogen-bond donors (Lipinski definition) is 2. The predicted molar refractivity (Wildman–Crippen MR) is 88.0 cm³/mol. The minimum absolute atomic E-state index is 0. The topological polar surface area (TPSA) is 41.1 Å². The van der Waals surface area contributed by atoms with Gasteiger partial charge in [-0.25, -0.2) is 0 Å². The zero-order chi connectivity index (χ0) is 14.0. The molecule has 116 valence electrons. The van der Waals surface area contributed by atoms with Crippen LogP contribution in [0.4, 0.5) is 0 Å². The molecule has 1 aromatic rings. The maximum atomic E-state index is 12.7. The summed E-state index contributed by atoms with van der Waals surface area (Å²) in [7, 11) is 0. The Hall–Kier alpha value is -1.06. The van der Waals surface area contributed by atoms with E-state index in [1.165, 1.54) is 11.1 Å². The van der Waals surface area contributed by atoms with Crippen LogP contribution in [0.2, 0.25) is 0 Å². The molecular formula is C17H25ClN2O. The monoisotopic (exact) mass is 308 g/mol. The Bertz CT molecular complexity index is 497. The summed E-state index contributed by atoms with van der Waals surface area (Å²) in [5.41, 5.74) is 2.57. The average Bonchev–Trinajstić information content (AvgIpc) is 2.47. The molecule has 2 aliphatic rings. The number of rotatable bonds is 2. The third kappa shape index (κ3) is 3.58. The Morgan fingerprint density at radius 2 is 2.00 bits per heavy atom. The van der Waals surface area contributed by atoms with Crippen molar-refractivity contribution < 1.29 is 4.79 Å². The Balaban J connectivity index is 0.00000161. The number of carbonyl (C=O) groups excluding carboxylic acids is 1. The van der Waals surface area contributed by atoms with Gasteiger partial charge < -0.3 is 10.6 Å². The first kappa shape index (κ1) is 16.3. The molecule has 3 rings (SSSR count). The molecule has 0 saturated carbocycles. The van der Waals surface area contributed by atoms with Crippen LogP contribution < -0.4 is 10.6 Å². The fourth-order valence-corrected chi connectivity index (χ4v) is 3.51. The quantitative estimate of drug-likeness (QED) is 0.882. The van der Waals surface area contributed by atoms with Crippen LogP contribution >= 0.6 is 12.4 Å². The third-order valence-electron chi connectivity index (χ3n) is 4.82. The number of fused-ring (bicyclic) bond motifs is 1. The highest BCUT2D eigenvalue weighted by molar-refractivity contribution is 5.85. The molecule has 1 fully saturated rings. The van der Waals surface area contributed by atoms with Gasteiger partial charge in [0.25, 0.3) is 0 Å². The van der Waals surface area contributed by atoms with Gasteiger partial charge >= 0.3 is 0 Å². The summed E-state index contributed by atoms with van der Waals surface area (Å²) < 4.78 is 0. The lowest BCUT2D eigenvalue weighted by molar-refractivity contribution is -0.125. The minimum Gasteiger partial charge on any atom is -0.350 e. The van der Waals surface area contributed by atoms with E-state index in [2.05, 4.69) is 41.8 Å². The molecule has 0 aromatic heterocycles. The number of halogens is 1. The number of benzene rings is 1. The Labute approximate surface area is 133 Å². The van der Waals surface area contributed by atoms with Gasteiger partial charge in [-0.2, -0.15) is 0 Å². The minimum atomic E-state index is -0.0330. The highest BCUT2D eigenvalue weighted by Gasteiger charge is 2.33. The van der Waals surface area contributed by atoms with Gasteiger partial charge in [0.15, 0.2) is 0 Å². The first-order chi connectivity index (χ1) is 9.68. The molecule has 1 aliphatic heterocycles. The number of nitrogens with one attached hydrogen (secondary N) is 2. The summed E-state index contributed by atoms with van der Waals surface area (Å²) in [5.74, 6) is 0.271. The van der Waals surface area contributed by atoms with E-state index in [-0.39, 0.29) is 29.8 Å². The molecule has 21 heavy (non-hydrogen) atoms. The van der Waals surface area contributed by atoms with Crippen molar-refractivity contribution in [3.63, 3.8) is 0 Å². The van der Waals surface area contributed by atoms with Crippen LogP contribution in [0, 0.1) is 0 Å². The summed E-state index contributed by atoms with van der Waals surface area (Å²) in [6.07, 6.45) is 5.26. The highest BCUT2D eigenvalue weighted by atomic mass is 35.5. The van der Waals surface area contributed by atoms with Crippen molar-refractivity contribution in [2.75, 3.05) is 13.1 Å². The smallest absolute Gasteiger partial charge is 0.227 e. The summed E-state index contributed by atoms with van der Waals surface area (Å²) in [6, 6.07) is 8.43. The number of aryl methyl sites for hydroxylation is 1. The number of carbonyl (C=O) groups is 1. The normalized spacial score (nSPS) is 23.6. The first-order valence-corrected chi connectivity index (χ1v) is 7.78. The number of piperidine rings is 1. The van der Waals surface area contributed by atoms with Gasteiger partial charge in [0, 0.05) is 5.54 Å². The van der Waals surface area contributed by atoms with E-state index in [1.807, 2.05) is 0 Å². The summed E-state index contributed by atoms with van der Waals surface area (Å²) in [6.45, 7) is 4.18. The maximum absolute atomic E-state index is 12.7. The molecule has 0 bridgehead atoms. The average molecular weight is 309 g/mol. The lowest BCUT2D eigenvalue weighted by Crippen LogP contribution is -2.53. The van der Waals surface area contributed by atoms with E-state index in [4.69, 9.17) is 0 Å². The van der Waals surface area contributed by atoms with Gasteiger partial charge in [-0.3, -0.25) is 4.79 Å². The summed E-state index contributed by atoms with van der Waals surface area (Å²) in [4.78, 5) is 12.7. The summed E-state index contributed by atoms with van der Waals surface area (Å²) >= 11 is 0. The van der Waals surface area contributed by atoms with Gasteiger partial charge in [0.05, 0.1) is 5.92 Å². The zero-order valence-corrected chi connectivity index (χ0v) is 13.5. The lowest BCUT2D eigenvalue weighted by Gasteiger charge is -2.37. The van der Waals surface area contributed by atoms with Gasteiger partial charge in [-0.1, -0.05) is 24.3 Å². The van der Waals surface area contributed by atoms with Gasteiger partial charge in [-0.05, 0) is 63.2 Å². The van der Waals surface area contributed by atoms with Crippen LogP contribution in [0.3, 0.4) is 0 Å². The zero-order valence-electron chi connectivity index (χ0n) is 12.7. The highest BCUT2D eigenvalue weighted by Crippen LogP contribution is 2.32. The molecule has 1 heterocycles. The van der Waals surface area contributed by atoms with E-state index in [0.717, 1.165) is 45.2 Å². The number of hydrogen-bond acceptors (Lipinski definition) is 2. The SMILES string of the molecule is CC1(NC(=O)C2CCCc3ccccc32)CCNCC1.Cl. The molecule has 4 heteroatoms. The van der Waals surface area contributed by atoms with Crippen molar-refractivity contribution >= 4 is 18.3 Å². The van der Waals surface area contributed by atoms with Crippen molar-refractivity contribution in [1.29, 1.82) is 0 Å². The molecule has 1 amide bonds. The second-order valence-corrected chi connectivity index (χ2v) is 6.44. The van der Waals surface area contributed by atoms with Crippen LogP contribution in [0.25, 0.3) is 0 Å². The van der Waals surface area contributed by atoms with Crippen molar-refractivity contribution in [3.05, 3.63) is 35.4 Å². The molecule has 2 N–H and O–H groups in total. The Kier molecular flexibility index (Phi) is 5.28.